The van der Waals surface area contributed by atoms with E-state index in [2.05, 4.69) is 29.2 Å². The maximum Gasteiger partial charge on any atom is 0.220 e. The van der Waals surface area contributed by atoms with Gasteiger partial charge in [-0.2, -0.15) is 5.10 Å². The number of rotatable bonds is 6. The van der Waals surface area contributed by atoms with Gasteiger partial charge >= 0.3 is 0 Å². The molecule has 1 N–H and O–H groups in total. The van der Waals surface area contributed by atoms with Crippen LogP contribution < -0.4 is 14.8 Å². The Morgan fingerprint density at radius 3 is 2.61 bits per heavy atom. The highest BCUT2D eigenvalue weighted by Crippen LogP contribution is 2.34. The highest BCUT2D eigenvalue weighted by molar-refractivity contribution is 5.77. The van der Waals surface area contributed by atoms with Crippen molar-refractivity contribution in [1.82, 2.24) is 19.9 Å². The molecule has 0 saturated carbocycles. The van der Waals surface area contributed by atoms with Crippen LogP contribution in [0.5, 0.6) is 11.5 Å². The first-order chi connectivity index (χ1) is 14.8. The molecule has 0 fully saturated rings. The summed E-state index contributed by atoms with van der Waals surface area (Å²) in [6, 6.07) is 7.78. The zero-order chi connectivity index (χ0) is 22.1. The lowest BCUT2D eigenvalue weighted by Gasteiger charge is -2.25. The van der Waals surface area contributed by atoms with Gasteiger partial charge in [0.1, 0.15) is 13.2 Å². The van der Waals surface area contributed by atoms with Gasteiger partial charge in [0.2, 0.25) is 5.91 Å². The van der Waals surface area contributed by atoms with Gasteiger partial charge in [-0.15, -0.1) is 0 Å². The van der Waals surface area contributed by atoms with Gasteiger partial charge in [0, 0.05) is 23.9 Å². The van der Waals surface area contributed by atoms with Crippen molar-refractivity contribution in [2.75, 3.05) is 13.2 Å². The number of carbonyl (C=O) groups is 1. The Morgan fingerprint density at radius 2 is 1.87 bits per heavy atom. The van der Waals surface area contributed by atoms with Crippen LogP contribution in [0.25, 0.3) is 5.65 Å². The van der Waals surface area contributed by atoms with Crippen LogP contribution >= 0.6 is 0 Å². The number of carbonyl (C=O) groups excluding carboxylic acids is 1. The van der Waals surface area contributed by atoms with Crippen LogP contribution in [-0.2, 0) is 11.2 Å². The first-order valence-electron chi connectivity index (χ1n) is 10.8. The number of hydrogen-bond donors (Lipinski definition) is 1. The molecule has 3 aromatic rings. The number of fused-ring (bicyclic) bond motifs is 2. The van der Waals surface area contributed by atoms with Crippen molar-refractivity contribution < 1.29 is 14.3 Å². The number of ether oxygens (including phenoxy) is 2. The molecule has 0 radical (unpaired) electrons. The zero-order valence-corrected chi connectivity index (χ0v) is 18.9. The predicted octanol–water partition coefficient (Wildman–Crippen LogP) is 3.87. The predicted molar refractivity (Wildman–Crippen MR) is 119 cm³/mol. The first-order valence-corrected chi connectivity index (χ1v) is 10.8. The summed E-state index contributed by atoms with van der Waals surface area (Å²) in [5.74, 6) is 1.75. The van der Waals surface area contributed by atoms with Crippen LogP contribution in [0.3, 0.4) is 0 Å². The van der Waals surface area contributed by atoms with Gasteiger partial charge in [-0.1, -0.05) is 19.9 Å². The molecule has 7 nitrogen and oxygen atoms in total. The monoisotopic (exact) mass is 422 g/mol. The van der Waals surface area contributed by atoms with Gasteiger partial charge in [-0.05, 0) is 56.4 Å². The number of aryl methyl sites for hydroxylation is 3. The van der Waals surface area contributed by atoms with Crippen molar-refractivity contribution in [2.24, 2.45) is 5.92 Å². The summed E-state index contributed by atoms with van der Waals surface area (Å²) in [7, 11) is 0. The Bertz CT molecular complexity index is 1120. The highest BCUT2D eigenvalue weighted by atomic mass is 16.6. The molecule has 4 rings (SSSR count). The summed E-state index contributed by atoms with van der Waals surface area (Å²) in [6.45, 7) is 11.3. The van der Waals surface area contributed by atoms with E-state index in [9.17, 15) is 4.79 Å². The first kappa shape index (κ1) is 21.2. The van der Waals surface area contributed by atoms with E-state index in [4.69, 9.17) is 9.47 Å². The molecule has 0 bridgehead atoms. The third-order valence-corrected chi connectivity index (χ3v) is 5.80. The molecule has 1 aromatic carbocycles. The fourth-order valence-corrected chi connectivity index (χ4v) is 4.18. The smallest absolute Gasteiger partial charge is 0.220 e. The van der Waals surface area contributed by atoms with E-state index in [1.165, 1.54) is 0 Å². The van der Waals surface area contributed by atoms with Gasteiger partial charge in [0.05, 0.1) is 11.7 Å². The molecule has 1 amide bonds. The molecule has 0 saturated heterocycles. The fourth-order valence-electron chi connectivity index (χ4n) is 4.18. The van der Waals surface area contributed by atoms with E-state index in [1.54, 1.807) is 0 Å². The lowest BCUT2D eigenvalue weighted by atomic mass is 9.95. The lowest BCUT2D eigenvalue weighted by Crippen LogP contribution is -2.32. The minimum atomic E-state index is -0.0973. The molecule has 164 valence electrons. The van der Waals surface area contributed by atoms with E-state index in [0.29, 0.717) is 26.1 Å². The molecule has 1 aliphatic rings. The van der Waals surface area contributed by atoms with Gasteiger partial charge < -0.3 is 14.8 Å². The summed E-state index contributed by atoms with van der Waals surface area (Å²) in [4.78, 5) is 17.5. The second kappa shape index (κ2) is 8.57. The van der Waals surface area contributed by atoms with E-state index >= 15 is 0 Å². The number of aromatic nitrogens is 3. The standard InChI is InChI=1S/C24H30N4O3/c1-14(2)24(18-6-8-20-21(13-18)31-11-10-30-20)26-23(29)9-7-19-16(4)25-22-12-15(3)27-28(22)17(19)5/h6,8,12-14,24H,7,9-11H2,1-5H3,(H,26,29). The molecule has 1 unspecified atom stereocenters. The van der Waals surface area contributed by atoms with Crippen molar-refractivity contribution in [2.45, 2.75) is 53.5 Å². The fraction of sp³-hybridized carbons (Fsp3) is 0.458. The second-order valence-corrected chi connectivity index (χ2v) is 8.51. The van der Waals surface area contributed by atoms with Crippen LogP contribution in [0.2, 0.25) is 0 Å². The third kappa shape index (κ3) is 4.36. The molecule has 3 heterocycles. The Labute approximate surface area is 182 Å². The van der Waals surface area contributed by atoms with Crippen LogP contribution in [-0.4, -0.2) is 33.7 Å². The molecular formula is C24H30N4O3. The van der Waals surface area contributed by atoms with E-state index in [-0.39, 0.29) is 17.9 Å². The minimum absolute atomic E-state index is 0.0177. The van der Waals surface area contributed by atoms with Crippen molar-refractivity contribution >= 4 is 11.6 Å². The molecule has 0 spiro atoms. The summed E-state index contributed by atoms with van der Waals surface area (Å²) >= 11 is 0. The second-order valence-electron chi connectivity index (χ2n) is 8.51. The molecule has 7 heteroatoms. The van der Waals surface area contributed by atoms with Crippen LogP contribution in [0.4, 0.5) is 0 Å². The Hall–Kier alpha value is -3.09. The number of nitrogens with one attached hydrogen (secondary N) is 1. The SMILES string of the molecule is Cc1cc2nc(C)c(CCC(=O)NC(c3ccc4c(c3)OCCO4)C(C)C)c(C)n2n1. The summed E-state index contributed by atoms with van der Waals surface area (Å²) in [6.07, 6.45) is 1.01. The van der Waals surface area contributed by atoms with Gasteiger partial charge in [-0.3, -0.25) is 4.79 Å². The maximum absolute atomic E-state index is 12.9. The van der Waals surface area contributed by atoms with Gasteiger partial charge in [0.25, 0.3) is 0 Å². The Balaban J connectivity index is 1.48. The Kier molecular flexibility index (Phi) is 5.85. The average Bonchev–Trinajstić information content (AvgIpc) is 3.11. The van der Waals surface area contributed by atoms with Crippen molar-refractivity contribution in [3.05, 3.63) is 52.5 Å². The van der Waals surface area contributed by atoms with E-state index < -0.39 is 0 Å². The van der Waals surface area contributed by atoms with Gasteiger partial charge in [-0.25, -0.2) is 9.50 Å². The topological polar surface area (TPSA) is 77.8 Å². The third-order valence-electron chi connectivity index (χ3n) is 5.80. The number of benzene rings is 1. The summed E-state index contributed by atoms with van der Waals surface area (Å²) in [5.41, 5.74) is 5.87. The van der Waals surface area contributed by atoms with Crippen molar-refractivity contribution in [1.29, 1.82) is 0 Å². The zero-order valence-electron chi connectivity index (χ0n) is 18.9. The van der Waals surface area contributed by atoms with Gasteiger partial charge in [0.15, 0.2) is 17.1 Å². The normalized spacial score (nSPS) is 14.1. The quantitative estimate of drug-likeness (QED) is 0.652. The van der Waals surface area contributed by atoms with Crippen LogP contribution in [0.1, 0.15) is 54.5 Å². The highest BCUT2D eigenvalue weighted by Gasteiger charge is 2.22. The van der Waals surface area contributed by atoms with E-state index in [1.807, 2.05) is 49.6 Å². The maximum atomic E-state index is 12.9. The largest absolute Gasteiger partial charge is 0.486 e. The van der Waals surface area contributed by atoms with Crippen LogP contribution in [0.15, 0.2) is 24.3 Å². The lowest BCUT2D eigenvalue weighted by molar-refractivity contribution is -0.122. The number of amides is 1. The molecular weight excluding hydrogens is 392 g/mol. The summed E-state index contributed by atoms with van der Waals surface area (Å²) in [5, 5.41) is 7.73. The molecule has 1 atom stereocenters. The summed E-state index contributed by atoms with van der Waals surface area (Å²) < 4.78 is 13.2. The van der Waals surface area contributed by atoms with Crippen molar-refractivity contribution in [3.8, 4) is 11.5 Å². The molecule has 31 heavy (non-hydrogen) atoms. The Morgan fingerprint density at radius 1 is 1.13 bits per heavy atom. The molecule has 0 aliphatic carbocycles. The van der Waals surface area contributed by atoms with Crippen LogP contribution in [0, 0.1) is 26.7 Å². The average molecular weight is 423 g/mol. The minimum Gasteiger partial charge on any atom is -0.486 e. The molecule has 1 aliphatic heterocycles. The number of nitrogens with zero attached hydrogens (tertiary/aromatic N) is 3. The van der Waals surface area contributed by atoms with E-state index in [0.717, 1.165) is 45.4 Å². The van der Waals surface area contributed by atoms with Crippen molar-refractivity contribution in [3.63, 3.8) is 0 Å². The molecule has 2 aromatic heterocycles. The number of hydrogen-bond acceptors (Lipinski definition) is 5.